The van der Waals surface area contributed by atoms with Crippen molar-refractivity contribution in [1.82, 2.24) is 4.90 Å². The van der Waals surface area contributed by atoms with Crippen LogP contribution < -0.4 is 4.74 Å². The first-order valence-electron chi connectivity index (χ1n) is 8.47. The van der Waals surface area contributed by atoms with Crippen molar-refractivity contribution in [2.45, 2.75) is 32.1 Å². The van der Waals surface area contributed by atoms with E-state index in [1.54, 1.807) is 0 Å². The van der Waals surface area contributed by atoms with Crippen LogP contribution in [-0.4, -0.2) is 30.9 Å². The van der Waals surface area contributed by atoms with E-state index in [9.17, 15) is 4.79 Å². The van der Waals surface area contributed by atoms with Gasteiger partial charge in [0.15, 0.2) is 0 Å². The van der Waals surface area contributed by atoms with E-state index < -0.39 is 0 Å². The summed E-state index contributed by atoms with van der Waals surface area (Å²) in [6.45, 7) is 8.34. The van der Waals surface area contributed by atoms with Crippen LogP contribution in [0.25, 0.3) is 0 Å². The number of hydrogen-bond acceptors (Lipinski definition) is 3. The fourth-order valence-corrected chi connectivity index (χ4v) is 3.67. The van der Waals surface area contributed by atoms with Crippen LogP contribution in [0.4, 0.5) is 0 Å². The van der Waals surface area contributed by atoms with Gasteiger partial charge in [-0.3, -0.25) is 0 Å². The summed E-state index contributed by atoms with van der Waals surface area (Å²) in [5.41, 5.74) is 4.01. The summed E-state index contributed by atoms with van der Waals surface area (Å²) in [7, 11) is 0. The number of carbonyl (C=O) groups excluding carboxylic acids is 1. The zero-order chi connectivity index (χ0) is 16.2. The van der Waals surface area contributed by atoms with Gasteiger partial charge in [0, 0.05) is 18.7 Å². The van der Waals surface area contributed by atoms with Gasteiger partial charge in [0.1, 0.15) is 12.0 Å². The minimum atomic E-state index is 0.477. The van der Waals surface area contributed by atoms with Crippen LogP contribution in [0.15, 0.2) is 42.6 Å². The molecule has 0 bridgehead atoms. The van der Waals surface area contributed by atoms with Gasteiger partial charge < -0.3 is 14.4 Å². The van der Waals surface area contributed by atoms with Gasteiger partial charge in [-0.1, -0.05) is 31.2 Å². The fraction of sp³-hybridized carbons (Fsp3) is 0.450. The molecule has 2 heterocycles. The van der Waals surface area contributed by atoms with Crippen LogP contribution in [-0.2, 0) is 11.2 Å². The Hall–Kier alpha value is -2.03. The molecule has 1 aromatic carbocycles. The highest BCUT2D eigenvalue weighted by atomic mass is 16.5. The predicted molar refractivity (Wildman–Crippen MR) is 92.7 cm³/mol. The number of fused-ring (bicyclic) bond motifs is 1. The zero-order valence-corrected chi connectivity index (χ0v) is 13.8. The van der Waals surface area contributed by atoms with E-state index in [0.29, 0.717) is 18.4 Å². The lowest BCUT2D eigenvalue weighted by Crippen LogP contribution is -2.23. The summed E-state index contributed by atoms with van der Waals surface area (Å²) in [4.78, 5) is 13.2. The highest BCUT2D eigenvalue weighted by molar-refractivity contribution is 5.53. The number of likely N-dealkylation sites (tertiary alicyclic amines) is 1. The molecule has 2 aliphatic rings. The maximum Gasteiger partial charge on any atom is 0.139 e. The molecule has 0 aliphatic carbocycles. The monoisotopic (exact) mass is 311 g/mol. The van der Waals surface area contributed by atoms with Crippen LogP contribution in [0.2, 0.25) is 0 Å². The molecular weight excluding hydrogens is 286 g/mol. The maximum atomic E-state index is 11.0. The van der Waals surface area contributed by atoms with Crippen molar-refractivity contribution < 1.29 is 9.53 Å². The highest BCUT2D eigenvalue weighted by Crippen LogP contribution is 2.38. The molecule has 0 radical (unpaired) electrons. The van der Waals surface area contributed by atoms with Crippen molar-refractivity contribution in [2.75, 3.05) is 19.7 Å². The number of aldehydes is 1. The Bertz CT molecular complexity index is 620. The first-order valence-corrected chi connectivity index (χ1v) is 8.47. The average Bonchev–Trinajstić information content (AvgIpc) is 3.18. The Kier molecular flexibility index (Phi) is 4.85. The number of benzene rings is 1. The van der Waals surface area contributed by atoms with E-state index in [1.807, 2.05) is 6.08 Å². The van der Waals surface area contributed by atoms with E-state index in [1.165, 1.54) is 16.8 Å². The lowest BCUT2D eigenvalue weighted by Gasteiger charge is -2.21. The van der Waals surface area contributed by atoms with E-state index in [2.05, 4.69) is 42.7 Å². The number of allylic oxidation sites excluding steroid dienone is 3. The molecule has 2 aliphatic heterocycles. The third kappa shape index (κ3) is 3.34. The third-order valence-electron chi connectivity index (χ3n) is 5.09. The molecular formula is C20H25NO2. The molecule has 1 saturated heterocycles. The first-order chi connectivity index (χ1) is 11.2. The molecule has 3 nitrogen and oxygen atoms in total. The van der Waals surface area contributed by atoms with Gasteiger partial charge in [0.25, 0.3) is 0 Å². The Labute approximate surface area is 138 Å². The van der Waals surface area contributed by atoms with E-state index in [0.717, 1.165) is 44.4 Å². The molecule has 2 unspecified atom stereocenters. The number of hydrogen-bond donors (Lipinski definition) is 0. The second-order valence-corrected chi connectivity index (χ2v) is 6.51. The molecule has 3 rings (SSSR count). The molecule has 1 aromatic rings. The van der Waals surface area contributed by atoms with Crippen LogP contribution in [0.1, 0.15) is 36.8 Å². The van der Waals surface area contributed by atoms with Gasteiger partial charge in [0.05, 0.1) is 13.2 Å². The Morgan fingerprint density at radius 1 is 1.48 bits per heavy atom. The molecule has 23 heavy (non-hydrogen) atoms. The predicted octanol–water partition coefficient (Wildman–Crippen LogP) is 3.71. The Morgan fingerprint density at radius 2 is 2.35 bits per heavy atom. The minimum absolute atomic E-state index is 0.477. The Balaban J connectivity index is 1.75. The van der Waals surface area contributed by atoms with E-state index in [4.69, 9.17) is 4.74 Å². The molecule has 3 heteroatoms. The van der Waals surface area contributed by atoms with Crippen LogP contribution in [0.5, 0.6) is 5.75 Å². The summed E-state index contributed by atoms with van der Waals surface area (Å²) in [6, 6.07) is 6.62. The molecule has 0 N–H and O–H groups in total. The summed E-state index contributed by atoms with van der Waals surface area (Å²) >= 11 is 0. The summed E-state index contributed by atoms with van der Waals surface area (Å²) in [5.74, 6) is 2.07. The van der Waals surface area contributed by atoms with Crippen LogP contribution in [0, 0.1) is 5.92 Å². The van der Waals surface area contributed by atoms with Gasteiger partial charge in [-0.05, 0) is 41.9 Å². The molecule has 1 fully saturated rings. The second kappa shape index (κ2) is 7.03. The molecule has 2 atom stereocenters. The van der Waals surface area contributed by atoms with Crippen molar-refractivity contribution in [3.05, 3.63) is 53.8 Å². The minimum Gasteiger partial charge on any atom is -0.493 e. The van der Waals surface area contributed by atoms with Crippen LogP contribution in [0.3, 0.4) is 0 Å². The van der Waals surface area contributed by atoms with Gasteiger partial charge in [-0.25, -0.2) is 0 Å². The lowest BCUT2D eigenvalue weighted by atomic mass is 9.85. The van der Waals surface area contributed by atoms with Crippen molar-refractivity contribution in [2.24, 2.45) is 5.92 Å². The summed E-state index contributed by atoms with van der Waals surface area (Å²) < 4.78 is 5.60. The highest BCUT2D eigenvalue weighted by Gasteiger charge is 2.31. The first kappa shape index (κ1) is 15.9. The van der Waals surface area contributed by atoms with E-state index in [-0.39, 0.29) is 0 Å². The molecule has 0 aromatic heterocycles. The normalized spacial score (nSPS) is 22.7. The van der Waals surface area contributed by atoms with E-state index >= 15 is 0 Å². The molecule has 0 amide bonds. The van der Waals surface area contributed by atoms with Crippen molar-refractivity contribution in [3.63, 3.8) is 0 Å². The number of rotatable bonds is 6. The average molecular weight is 311 g/mol. The van der Waals surface area contributed by atoms with Gasteiger partial charge >= 0.3 is 0 Å². The molecule has 0 spiro atoms. The Morgan fingerprint density at radius 3 is 3.13 bits per heavy atom. The standard InChI is InChI=1S/C20H25NO2/c1-3-4-5-19-13-18(14-21(19)9-10-22)15(2)16-6-7-20-17(12-16)8-11-23-20/h3,5-7,10,12,15,18H,1,4,8-9,11,13-14H2,2H3/b19-5+. The maximum absolute atomic E-state index is 11.0. The zero-order valence-electron chi connectivity index (χ0n) is 13.8. The topological polar surface area (TPSA) is 29.5 Å². The number of carbonyl (C=O) groups is 1. The quantitative estimate of drug-likeness (QED) is 0.592. The van der Waals surface area contributed by atoms with Gasteiger partial charge in [0.2, 0.25) is 0 Å². The fourth-order valence-electron chi connectivity index (χ4n) is 3.67. The number of ether oxygens (including phenoxy) is 1. The lowest BCUT2D eigenvalue weighted by molar-refractivity contribution is -0.108. The van der Waals surface area contributed by atoms with Crippen molar-refractivity contribution in [1.29, 1.82) is 0 Å². The second-order valence-electron chi connectivity index (χ2n) is 6.51. The van der Waals surface area contributed by atoms with Crippen molar-refractivity contribution in [3.8, 4) is 5.75 Å². The molecule has 122 valence electrons. The third-order valence-corrected chi connectivity index (χ3v) is 5.09. The van der Waals surface area contributed by atoms with Gasteiger partial charge in [-0.2, -0.15) is 0 Å². The SMILES string of the molecule is C=CC/C=C1\CC(C(C)c2ccc3c(c2)CCO3)CN1CC=O. The number of nitrogens with zero attached hydrogens (tertiary/aromatic N) is 1. The summed E-state index contributed by atoms with van der Waals surface area (Å²) in [6.07, 6.45) is 8.03. The van der Waals surface area contributed by atoms with Crippen molar-refractivity contribution >= 4 is 6.29 Å². The largest absolute Gasteiger partial charge is 0.493 e. The van der Waals surface area contributed by atoms with Crippen LogP contribution >= 0.6 is 0 Å². The van der Waals surface area contributed by atoms with Gasteiger partial charge in [-0.15, -0.1) is 6.58 Å². The summed E-state index contributed by atoms with van der Waals surface area (Å²) in [5, 5.41) is 0. The smallest absolute Gasteiger partial charge is 0.139 e. The molecule has 0 saturated carbocycles.